The summed E-state index contributed by atoms with van der Waals surface area (Å²) in [6.45, 7) is 3.47. The molecular formula is C10H6O3S. The normalized spacial score (nSPS) is 13.3. The van der Waals surface area contributed by atoms with Crippen LogP contribution in [0.5, 0.6) is 0 Å². The van der Waals surface area contributed by atoms with Gasteiger partial charge in [0, 0.05) is 4.88 Å². The Labute approximate surface area is 84.7 Å². The lowest BCUT2D eigenvalue weighted by Gasteiger charge is -1.88. The minimum absolute atomic E-state index is 0.340. The second-order valence-corrected chi connectivity index (χ2v) is 4.01. The van der Waals surface area contributed by atoms with Crippen LogP contribution in [0.4, 0.5) is 0 Å². The second-order valence-electron chi connectivity index (χ2n) is 2.79. The predicted molar refractivity (Wildman–Crippen MR) is 51.4 cm³/mol. The Hall–Kier alpha value is -1.60. The number of esters is 2. The third-order valence-corrected chi connectivity index (χ3v) is 2.94. The fraction of sp³-hybridized carbons (Fsp3) is 0.200. The van der Waals surface area contributed by atoms with Gasteiger partial charge < -0.3 is 4.74 Å². The molecule has 0 amide bonds. The second kappa shape index (κ2) is 2.96. The number of thiophene rings is 1. The van der Waals surface area contributed by atoms with Gasteiger partial charge in [0.2, 0.25) is 0 Å². The molecule has 0 unspecified atom stereocenters. The molecule has 0 spiro atoms. The zero-order valence-corrected chi connectivity index (χ0v) is 8.45. The standard InChI is InChI=1S/C10H6O3S/c1-3-4-6-8-7(5(2)14-6)9(11)13-10(8)12/h1-2H3. The van der Waals surface area contributed by atoms with E-state index < -0.39 is 11.9 Å². The van der Waals surface area contributed by atoms with Crippen LogP contribution >= 0.6 is 11.3 Å². The van der Waals surface area contributed by atoms with Crippen LogP contribution in [0.2, 0.25) is 0 Å². The van der Waals surface area contributed by atoms with E-state index in [1.807, 2.05) is 0 Å². The van der Waals surface area contributed by atoms with Crippen LogP contribution in [-0.4, -0.2) is 11.9 Å². The fourth-order valence-corrected chi connectivity index (χ4v) is 2.41. The molecule has 1 aromatic heterocycles. The van der Waals surface area contributed by atoms with E-state index in [2.05, 4.69) is 16.6 Å². The Morgan fingerprint density at radius 2 is 1.86 bits per heavy atom. The SMILES string of the molecule is CC#Cc1sc(C)c2c1C(=O)OC2=O. The van der Waals surface area contributed by atoms with E-state index in [1.165, 1.54) is 11.3 Å². The van der Waals surface area contributed by atoms with Gasteiger partial charge in [0.05, 0.1) is 10.4 Å². The van der Waals surface area contributed by atoms with Crippen molar-refractivity contribution in [1.29, 1.82) is 0 Å². The number of fused-ring (bicyclic) bond motifs is 1. The van der Waals surface area contributed by atoms with Crippen LogP contribution in [0.3, 0.4) is 0 Å². The molecule has 0 saturated heterocycles. The first-order valence-electron chi connectivity index (χ1n) is 3.97. The average molecular weight is 206 g/mol. The molecule has 0 radical (unpaired) electrons. The maximum absolute atomic E-state index is 11.3. The Morgan fingerprint density at radius 3 is 2.50 bits per heavy atom. The third-order valence-electron chi connectivity index (χ3n) is 1.92. The average Bonchev–Trinajstić information content (AvgIpc) is 2.56. The summed E-state index contributed by atoms with van der Waals surface area (Å²) in [6, 6.07) is 0. The minimum Gasteiger partial charge on any atom is -0.386 e. The van der Waals surface area contributed by atoms with Gasteiger partial charge >= 0.3 is 11.9 Å². The zero-order chi connectivity index (χ0) is 10.3. The number of aryl methyl sites for hydroxylation is 1. The van der Waals surface area contributed by atoms with Crippen LogP contribution in [0.1, 0.15) is 37.4 Å². The van der Waals surface area contributed by atoms with Crippen molar-refractivity contribution in [1.82, 2.24) is 0 Å². The molecule has 0 bridgehead atoms. The largest absolute Gasteiger partial charge is 0.386 e. The number of ether oxygens (including phenoxy) is 1. The molecule has 1 aromatic rings. The van der Waals surface area contributed by atoms with Gasteiger partial charge in [-0.05, 0) is 13.8 Å². The maximum Gasteiger partial charge on any atom is 0.349 e. The number of carbonyl (C=O) groups is 2. The number of rotatable bonds is 0. The van der Waals surface area contributed by atoms with Gasteiger partial charge in [-0.15, -0.1) is 17.3 Å². The smallest absolute Gasteiger partial charge is 0.349 e. The lowest BCUT2D eigenvalue weighted by molar-refractivity contribution is 0.0443. The van der Waals surface area contributed by atoms with Crippen LogP contribution in [-0.2, 0) is 4.74 Å². The van der Waals surface area contributed by atoms with Crippen molar-refractivity contribution in [2.75, 3.05) is 0 Å². The predicted octanol–water partition coefficient (Wildman–Crippen LogP) is 1.74. The van der Waals surface area contributed by atoms with Crippen molar-refractivity contribution < 1.29 is 14.3 Å². The first kappa shape index (κ1) is 8.97. The van der Waals surface area contributed by atoms with Crippen molar-refractivity contribution in [3.05, 3.63) is 20.9 Å². The van der Waals surface area contributed by atoms with Crippen molar-refractivity contribution in [3.63, 3.8) is 0 Å². The highest BCUT2D eigenvalue weighted by atomic mass is 32.1. The highest BCUT2D eigenvalue weighted by Crippen LogP contribution is 2.32. The van der Waals surface area contributed by atoms with Gasteiger partial charge in [0.25, 0.3) is 0 Å². The lowest BCUT2D eigenvalue weighted by atomic mass is 10.1. The molecule has 0 aliphatic carbocycles. The number of hydrogen-bond acceptors (Lipinski definition) is 4. The fourth-order valence-electron chi connectivity index (χ4n) is 1.37. The first-order chi connectivity index (χ1) is 6.65. The van der Waals surface area contributed by atoms with Crippen molar-refractivity contribution in [2.24, 2.45) is 0 Å². The summed E-state index contributed by atoms with van der Waals surface area (Å²) >= 11 is 1.35. The van der Waals surface area contributed by atoms with Crippen molar-refractivity contribution in [2.45, 2.75) is 13.8 Å². The molecule has 0 fully saturated rings. The Balaban J connectivity index is 2.73. The molecule has 70 valence electrons. The summed E-state index contributed by atoms with van der Waals surface area (Å²) < 4.78 is 4.50. The van der Waals surface area contributed by atoms with E-state index in [4.69, 9.17) is 0 Å². The van der Waals surface area contributed by atoms with E-state index in [1.54, 1.807) is 13.8 Å². The molecule has 0 atom stereocenters. The van der Waals surface area contributed by atoms with Crippen LogP contribution in [0.25, 0.3) is 0 Å². The Morgan fingerprint density at radius 1 is 1.21 bits per heavy atom. The molecule has 3 nitrogen and oxygen atoms in total. The molecule has 0 N–H and O–H groups in total. The van der Waals surface area contributed by atoms with Gasteiger partial charge in [-0.2, -0.15) is 0 Å². The van der Waals surface area contributed by atoms with Crippen LogP contribution in [0, 0.1) is 18.8 Å². The molecule has 2 heterocycles. The summed E-state index contributed by atoms with van der Waals surface area (Å²) in [4.78, 5) is 23.9. The van der Waals surface area contributed by atoms with Gasteiger partial charge in [0.1, 0.15) is 5.56 Å². The van der Waals surface area contributed by atoms with E-state index >= 15 is 0 Å². The molecule has 0 saturated carbocycles. The number of cyclic esters (lactones) is 2. The summed E-state index contributed by atoms with van der Waals surface area (Å²) in [6.07, 6.45) is 0. The first-order valence-corrected chi connectivity index (χ1v) is 4.79. The highest BCUT2D eigenvalue weighted by Gasteiger charge is 2.35. The highest BCUT2D eigenvalue weighted by molar-refractivity contribution is 7.13. The van der Waals surface area contributed by atoms with Crippen LogP contribution < -0.4 is 0 Å². The van der Waals surface area contributed by atoms with E-state index in [0.717, 1.165) is 4.88 Å². The Kier molecular flexibility index (Phi) is 1.90. The topological polar surface area (TPSA) is 43.4 Å². The maximum atomic E-state index is 11.3. The summed E-state index contributed by atoms with van der Waals surface area (Å²) in [5, 5.41) is 0. The Bertz CT molecular complexity index is 499. The van der Waals surface area contributed by atoms with Gasteiger partial charge in [-0.25, -0.2) is 9.59 Å². The zero-order valence-electron chi connectivity index (χ0n) is 7.63. The minimum atomic E-state index is -0.577. The molecule has 14 heavy (non-hydrogen) atoms. The van der Waals surface area contributed by atoms with Crippen LogP contribution in [0.15, 0.2) is 0 Å². The lowest BCUT2D eigenvalue weighted by Crippen LogP contribution is -1.99. The quantitative estimate of drug-likeness (QED) is 0.369. The summed E-state index contributed by atoms with van der Waals surface area (Å²) in [5.41, 5.74) is 0.726. The molecule has 0 aromatic carbocycles. The van der Waals surface area contributed by atoms with Crippen molar-refractivity contribution >= 4 is 23.3 Å². The van der Waals surface area contributed by atoms with E-state index in [0.29, 0.717) is 16.0 Å². The van der Waals surface area contributed by atoms with E-state index in [-0.39, 0.29) is 0 Å². The number of hydrogen-bond donors (Lipinski definition) is 0. The molecule has 1 aliphatic heterocycles. The molecule has 2 rings (SSSR count). The van der Waals surface area contributed by atoms with Crippen molar-refractivity contribution in [3.8, 4) is 11.8 Å². The van der Waals surface area contributed by atoms with Gasteiger partial charge in [-0.3, -0.25) is 0 Å². The molecule has 4 heteroatoms. The monoisotopic (exact) mass is 206 g/mol. The number of carbonyl (C=O) groups excluding carboxylic acids is 2. The molecule has 1 aliphatic rings. The third kappa shape index (κ3) is 1.06. The van der Waals surface area contributed by atoms with Gasteiger partial charge in [-0.1, -0.05) is 5.92 Å². The van der Waals surface area contributed by atoms with E-state index in [9.17, 15) is 9.59 Å². The summed E-state index contributed by atoms with van der Waals surface area (Å²) in [7, 11) is 0. The summed E-state index contributed by atoms with van der Waals surface area (Å²) in [5.74, 6) is 4.37. The van der Waals surface area contributed by atoms with Gasteiger partial charge in [0.15, 0.2) is 0 Å². The molecular weight excluding hydrogens is 200 g/mol.